The van der Waals surface area contributed by atoms with Gasteiger partial charge in [0, 0.05) is 12.8 Å². The lowest BCUT2D eigenvalue weighted by Gasteiger charge is -2.26. The van der Waals surface area contributed by atoms with Gasteiger partial charge >= 0.3 is 5.97 Å². The van der Waals surface area contributed by atoms with Crippen molar-refractivity contribution in [2.45, 2.75) is 136 Å². The average molecular weight is 480 g/mol. The number of carbonyl (C=O) groups is 2. The van der Waals surface area contributed by atoms with Crippen LogP contribution in [0.2, 0.25) is 0 Å². The topological polar surface area (TPSA) is 75.6 Å². The lowest BCUT2D eigenvalue weighted by atomic mass is 9.92. The van der Waals surface area contributed by atoms with E-state index in [1.807, 2.05) is 19.9 Å². The van der Waals surface area contributed by atoms with Crippen molar-refractivity contribution in [2.24, 2.45) is 11.8 Å². The van der Waals surface area contributed by atoms with Gasteiger partial charge in [0.05, 0.1) is 6.10 Å². The van der Waals surface area contributed by atoms with Gasteiger partial charge in [-0.1, -0.05) is 97.4 Å². The molecule has 0 aliphatic heterocycles. The Morgan fingerprint density at radius 3 is 2.24 bits per heavy atom. The van der Waals surface area contributed by atoms with Gasteiger partial charge in [-0.2, -0.15) is 0 Å². The van der Waals surface area contributed by atoms with E-state index in [-0.39, 0.29) is 11.8 Å². The number of aliphatic hydroxyl groups excluding tert-OH is 1. The Morgan fingerprint density at radius 2 is 1.59 bits per heavy atom. The summed E-state index contributed by atoms with van der Waals surface area (Å²) >= 11 is 0. The van der Waals surface area contributed by atoms with Gasteiger partial charge in [0.25, 0.3) is 0 Å². The number of carbonyl (C=O) groups excluding carboxylic acids is 2. The number of allylic oxidation sites excluding steroid dienone is 3. The van der Waals surface area contributed by atoms with Crippen LogP contribution in [0.25, 0.3) is 0 Å². The van der Waals surface area contributed by atoms with Gasteiger partial charge in [0.1, 0.15) is 12.1 Å². The second-order valence-corrected chi connectivity index (χ2v) is 10.1. The number of rotatable bonds is 22. The predicted molar refractivity (Wildman–Crippen MR) is 143 cm³/mol. The number of ether oxygens (including phenoxy) is 1. The predicted octanol–water partition coefficient (Wildman–Crippen LogP) is 6.89. The molecule has 0 aliphatic rings. The van der Waals surface area contributed by atoms with Crippen LogP contribution in [0.15, 0.2) is 24.3 Å². The Hall–Kier alpha value is -1.62. The van der Waals surface area contributed by atoms with Gasteiger partial charge in [0.2, 0.25) is 6.41 Å². The molecular weight excluding hydrogens is 426 g/mol. The van der Waals surface area contributed by atoms with E-state index in [1.165, 1.54) is 38.5 Å². The van der Waals surface area contributed by atoms with Crippen LogP contribution in [0, 0.1) is 11.8 Å². The molecule has 0 rings (SSSR count). The molecule has 0 aromatic rings. The van der Waals surface area contributed by atoms with Gasteiger partial charge in [-0.3, -0.25) is 4.79 Å². The highest BCUT2D eigenvalue weighted by Gasteiger charge is 2.26. The Morgan fingerprint density at radius 1 is 0.912 bits per heavy atom. The van der Waals surface area contributed by atoms with Crippen LogP contribution < -0.4 is 5.32 Å². The summed E-state index contributed by atoms with van der Waals surface area (Å²) in [4.78, 5) is 23.8. The van der Waals surface area contributed by atoms with Crippen molar-refractivity contribution >= 4 is 12.4 Å². The molecule has 5 nitrogen and oxygen atoms in total. The second kappa shape index (κ2) is 21.9. The van der Waals surface area contributed by atoms with Gasteiger partial charge in [-0.25, -0.2) is 4.79 Å². The van der Waals surface area contributed by atoms with Gasteiger partial charge < -0.3 is 15.2 Å². The van der Waals surface area contributed by atoms with E-state index in [0.29, 0.717) is 25.7 Å². The summed E-state index contributed by atoms with van der Waals surface area (Å²) in [5.74, 6) is -0.00772. The van der Waals surface area contributed by atoms with E-state index in [9.17, 15) is 14.7 Å². The first-order valence-corrected chi connectivity index (χ1v) is 13.7. The summed E-state index contributed by atoms with van der Waals surface area (Å²) in [6.07, 6.45) is 21.1. The number of nitrogens with one attached hydrogen (secondary N) is 1. The zero-order valence-electron chi connectivity index (χ0n) is 22.6. The van der Waals surface area contributed by atoms with Crippen LogP contribution in [-0.4, -0.2) is 35.7 Å². The third kappa shape index (κ3) is 17.8. The van der Waals surface area contributed by atoms with Crippen molar-refractivity contribution < 1.29 is 19.4 Å². The van der Waals surface area contributed by atoms with E-state index in [2.05, 4.69) is 44.3 Å². The van der Waals surface area contributed by atoms with Gasteiger partial charge in [-0.15, -0.1) is 0 Å². The van der Waals surface area contributed by atoms with Crippen LogP contribution in [0.5, 0.6) is 0 Å². The number of aliphatic hydroxyl groups is 1. The molecule has 0 saturated carbocycles. The summed E-state index contributed by atoms with van der Waals surface area (Å²) in [7, 11) is 0. The fourth-order valence-corrected chi connectivity index (χ4v) is 3.96. The maximum absolute atomic E-state index is 12.8. The summed E-state index contributed by atoms with van der Waals surface area (Å²) in [6, 6.07) is -0.654. The minimum absolute atomic E-state index is 0.160. The molecule has 0 saturated heterocycles. The number of amides is 1. The SMILES string of the molecule is CCCCC/C=C\C/C=C\C[C@@H](C[C@H](O)[C@@H](C)CCCCCC)OC(=O)[C@H](CC(C)C)NC=O. The van der Waals surface area contributed by atoms with Crippen molar-refractivity contribution in [1.82, 2.24) is 5.32 Å². The molecule has 0 heterocycles. The molecule has 0 unspecified atom stereocenters. The van der Waals surface area contributed by atoms with E-state index in [4.69, 9.17) is 4.74 Å². The highest BCUT2D eigenvalue weighted by atomic mass is 16.5. The number of esters is 1. The minimum atomic E-state index is -0.654. The molecule has 0 aromatic heterocycles. The molecule has 0 bridgehead atoms. The monoisotopic (exact) mass is 479 g/mol. The van der Waals surface area contributed by atoms with E-state index in [1.54, 1.807) is 0 Å². The fourth-order valence-electron chi connectivity index (χ4n) is 3.96. The number of hydrogen-bond donors (Lipinski definition) is 2. The second-order valence-electron chi connectivity index (χ2n) is 10.1. The standard InChI is InChI=1S/C29H53NO4/c1-6-8-10-12-13-14-15-16-18-20-26(22-28(32)25(5)19-17-11-9-7-2)34-29(33)27(30-23-31)21-24(3)4/h13-14,16,18,23-28,32H,6-12,15,17,19-22H2,1-5H3,(H,30,31)/b14-13-,18-16-/t25-,26-,27-,28-/m0/s1. The molecule has 5 heteroatoms. The zero-order chi connectivity index (χ0) is 25.6. The van der Waals surface area contributed by atoms with Crippen LogP contribution in [0.1, 0.15) is 118 Å². The van der Waals surface area contributed by atoms with Crippen LogP contribution >= 0.6 is 0 Å². The summed E-state index contributed by atoms with van der Waals surface area (Å²) < 4.78 is 5.81. The van der Waals surface area contributed by atoms with Gasteiger partial charge in [-0.05, 0) is 43.9 Å². The number of hydrogen-bond acceptors (Lipinski definition) is 4. The Labute approximate surface area is 209 Å². The minimum Gasteiger partial charge on any atom is -0.460 e. The Bertz CT molecular complexity index is 558. The van der Waals surface area contributed by atoms with E-state index >= 15 is 0 Å². The van der Waals surface area contributed by atoms with E-state index in [0.717, 1.165) is 25.7 Å². The van der Waals surface area contributed by atoms with Crippen molar-refractivity contribution in [3.05, 3.63) is 24.3 Å². The first-order valence-electron chi connectivity index (χ1n) is 13.7. The average Bonchev–Trinajstić information content (AvgIpc) is 2.79. The third-order valence-electron chi connectivity index (χ3n) is 6.20. The molecule has 0 fully saturated rings. The van der Waals surface area contributed by atoms with E-state index < -0.39 is 24.2 Å². The molecule has 0 radical (unpaired) electrons. The van der Waals surface area contributed by atoms with Crippen LogP contribution in [-0.2, 0) is 14.3 Å². The Balaban J connectivity index is 4.93. The molecule has 4 atom stereocenters. The third-order valence-corrected chi connectivity index (χ3v) is 6.20. The first-order chi connectivity index (χ1) is 16.3. The molecule has 1 amide bonds. The first kappa shape index (κ1) is 32.4. The zero-order valence-corrected chi connectivity index (χ0v) is 22.6. The quantitative estimate of drug-likeness (QED) is 0.0767. The molecular formula is C29H53NO4. The van der Waals surface area contributed by atoms with Crippen LogP contribution in [0.4, 0.5) is 0 Å². The molecule has 34 heavy (non-hydrogen) atoms. The largest absolute Gasteiger partial charge is 0.460 e. The molecule has 2 N–H and O–H groups in total. The maximum atomic E-state index is 12.8. The summed E-state index contributed by atoms with van der Waals surface area (Å²) in [5.41, 5.74) is 0. The summed E-state index contributed by atoms with van der Waals surface area (Å²) in [5, 5.41) is 13.4. The molecule has 0 spiro atoms. The van der Waals surface area contributed by atoms with Crippen molar-refractivity contribution in [2.75, 3.05) is 0 Å². The smallest absolute Gasteiger partial charge is 0.328 e. The molecule has 0 aliphatic carbocycles. The lowest BCUT2D eigenvalue weighted by molar-refractivity contribution is -0.154. The highest BCUT2D eigenvalue weighted by Crippen LogP contribution is 2.21. The summed E-state index contributed by atoms with van der Waals surface area (Å²) in [6.45, 7) is 10.5. The van der Waals surface area contributed by atoms with Crippen molar-refractivity contribution in [3.63, 3.8) is 0 Å². The van der Waals surface area contributed by atoms with Crippen molar-refractivity contribution in [3.8, 4) is 0 Å². The Kier molecular flexibility index (Phi) is 20.8. The normalized spacial score (nSPS) is 15.5. The van der Waals surface area contributed by atoms with Crippen LogP contribution in [0.3, 0.4) is 0 Å². The molecule has 198 valence electrons. The lowest BCUT2D eigenvalue weighted by Crippen LogP contribution is -2.40. The highest BCUT2D eigenvalue weighted by molar-refractivity contribution is 5.78. The van der Waals surface area contributed by atoms with Gasteiger partial charge in [0.15, 0.2) is 0 Å². The molecule has 0 aromatic carbocycles. The number of unbranched alkanes of at least 4 members (excludes halogenated alkanes) is 6. The maximum Gasteiger partial charge on any atom is 0.328 e. The van der Waals surface area contributed by atoms with Crippen molar-refractivity contribution in [1.29, 1.82) is 0 Å². The fraction of sp³-hybridized carbons (Fsp3) is 0.793.